The third-order valence-corrected chi connectivity index (χ3v) is 2.33. The molecule has 0 radical (unpaired) electrons. The first-order valence-corrected chi connectivity index (χ1v) is 5.28. The van der Waals surface area contributed by atoms with Gasteiger partial charge >= 0.3 is 6.18 Å². The van der Waals surface area contributed by atoms with Gasteiger partial charge in [0, 0.05) is 11.8 Å². The third-order valence-electron chi connectivity index (χ3n) is 2.33. The zero-order valence-electron chi connectivity index (χ0n) is 9.78. The van der Waals surface area contributed by atoms with Crippen LogP contribution in [0.25, 0.3) is 0 Å². The summed E-state index contributed by atoms with van der Waals surface area (Å²) in [6.07, 6.45) is -4.40. The van der Waals surface area contributed by atoms with Gasteiger partial charge in [0.25, 0.3) is 5.91 Å². The Hall–Kier alpha value is -2.31. The smallest absolute Gasteiger partial charge is 0.361 e. The van der Waals surface area contributed by atoms with Gasteiger partial charge in [-0.25, -0.2) is 0 Å². The summed E-state index contributed by atoms with van der Waals surface area (Å²) in [5, 5.41) is 5.92. The van der Waals surface area contributed by atoms with Crippen molar-refractivity contribution in [2.45, 2.75) is 13.1 Å². The van der Waals surface area contributed by atoms with Crippen molar-refractivity contribution in [3.63, 3.8) is 0 Å². The fraction of sp³-hybridized carbons (Fsp3) is 0.167. The first kappa shape index (κ1) is 13.1. The van der Waals surface area contributed by atoms with Crippen LogP contribution in [-0.2, 0) is 6.18 Å². The Labute approximate surface area is 106 Å². The van der Waals surface area contributed by atoms with Crippen LogP contribution < -0.4 is 5.32 Å². The lowest BCUT2D eigenvalue weighted by atomic mass is 10.2. The second-order valence-electron chi connectivity index (χ2n) is 3.85. The number of carbonyl (C=O) groups excluding carboxylic acids is 1. The highest BCUT2D eigenvalue weighted by atomic mass is 19.4. The van der Waals surface area contributed by atoms with E-state index in [-0.39, 0.29) is 11.4 Å². The molecule has 0 fully saturated rings. The van der Waals surface area contributed by atoms with Crippen molar-refractivity contribution >= 4 is 11.6 Å². The zero-order valence-corrected chi connectivity index (χ0v) is 9.78. The summed E-state index contributed by atoms with van der Waals surface area (Å²) in [7, 11) is 0. The molecular weight excluding hydrogens is 261 g/mol. The van der Waals surface area contributed by atoms with Gasteiger partial charge in [-0.15, -0.1) is 0 Å². The molecule has 0 aliphatic rings. The van der Waals surface area contributed by atoms with Crippen LogP contribution in [0.2, 0.25) is 0 Å². The number of benzene rings is 1. The monoisotopic (exact) mass is 270 g/mol. The van der Waals surface area contributed by atoms with E-state index in [1.54, 1.807) is 6.92 Å². The molecule has 2 rings (SSSR count). The quantitative estimate of drug-likeness (QED) is 0.911. The molecule has 0 saturated heterocycles. The van der Waals surface area contributed by atoms with Crippen LogP contribution >= 0.6 is 0 Å². The predicted octanol–water partition coefficient (Wildman–Crippen LogP) is 3.25. The van der Waals surface area contributed by atoms with Gasteiger partial charge in [-0.2, -0.15) is 13.2 Å². The van der Waals surface area contributed by atoms with E-state index in [0.29, 0.717) is 5.76 Å². The molecule has 1 aromatic heterocycles. The molecule has 0 bridgehead atoms. The summed E-state index contributed by atoms with van der Waals surface area (Å²) in [6.45, 7) is 1.63. The van der Waals surface area contributed by atoms with Crippen molar-refractivity contribution in [3.05, 3.63) is 47.3 Å². The minimum Gasteiger partial charge on any atom is -0.361 e. The molecular formula is C12H9F3N2O2. The van der Waals surface area contributed by atoms with Gasteiger partial charge in [-0.05, 0) is 31.2 Å². The average Bonchev–Trinajstić information content (AvgIpc) is 2.75. The van der Waals surface area contributed by atoms with Crippen LogP contribution in [0.15, 0.2) is 34.9 Å². The van der Waals surface area contributed by atoms with Crippen molar-refractivity contribution in [2.75, 3.05) is 5.32 Å². The maximum atomic E-state index is 12.3. The molecule has 0 aliphatic carbocycles. The zero-order chi connectivity index (χ0) is 14.0. The summed E-state index contributed by atoms with van der Waals surface area (Å²) in [5.74, 6) is -0.0748. The number of nitrogens with zero attached hydrogens (tertiary/aromatic N) is 1. The van der Waals surface area contributed by atoms with Crippen LogP contribution in [0, 0.1) is 6.92 Å². The lowest BCUT2D eigenvalue weighted by Crippen LogP contribution is -2.12. The Balaban J connectivity index is 2.10. The van der Waals surface area contributed by atoms with Crippen LogP contribution in [0.3, 0.4) is 0 Å². The number of halogens is 3. The average molecular weight is 270 g/mol. The van der Waals surface area contributed by atoms with E-state index < -0.39 is 17.6 Å². The molecule has 1 amide bonds. The van der Waals surface area contributed by atoms with Crippen LogP contribution in [-0.4, -0.2) is 11.1 Å². The number of aromatic nitrogens is 1. The van der Waals surface area contributed by atoms with E-state index >= 15 is 0 Å². The van der Waals surface area contributed by atoms with Gasteiger partial charge < -0.3 is 9.84 Å². The Morgan fingerprint density at radius 3 is 2.37 bits per heavy atom. The molecule has 1 aromatic carbocycles. The van der Waals surface area contributed by atoms with Gasteiger partial charge in [0.05, 0.1) is 5.56 Å². The van der Waals surface area contributed by atoms with Gasteiger partial charge in [-0.3, -0.25) is 4.79 Å². The highest BCUT2D eigenvalue weighted by Gasteiger charge is 2.30. The first-order chi connectivity index (χ1) is 8.86. The Bertz CT molecular complexity index is 588. The molecule has 4 nitrogen and oxygen atoms in total. The highest BCUT2D eigenvalue weighted by molar-refractivity contribution is 6.02. The number of hydrogen-bond acceptors (Lipinski definition) is 3. The van der Waals surface area contributed by atoms with Crippen LogP contribution in [0.4, 0.5) is 18.9 Å². The van der Waals surface area contributed by atoms with Gasteiger partial charge in [0.15, 0.2) is 5.69 Å². The summed E-state index contributed by atoms with van der Waals surface area (Å²) < 4.78 is 41.7. The Morgan fingerprint density at radius 1 is 1.26 bits per heavy atom. The summed E-state index contributed by atoms with van der Waals surface area (Å²) in [4.78, 5) is 11.7. The van der Waals surface area contributed by atoms with Crippen molar-refractivity contribution in [1.29, 1.82) is 0 Å². The molecule has 0 atom stereocenters. The molecule has 0 unspecified atom stereocenters. The summed E-state index contributed by atoms with van der Waals surface area (Å²) in [5.41, 5.74) is -0.459. The third kappa shape index (κ3) is 3.12. The van der Waals surface area contributed by atoms with E-state index in [9.17, 15) is 18.0 Å². The number of alkyl halides is 3. The van der Waals surface area contributed by atoms with E-state index in [1.807, 2.05) is 0 Å². The molecule has 0 saturated carbocycles. The van der Waals surface area contributed by atoms with Gasteiger partial charge in [0.2, 0.25) is 0 Å². The topological polar surface area (TPSA) is 55.1 Å². The van der Waals surface area contributed by atoms with Gasteiger partial charge in [0.1, 0.15) is 5.76 Å². The van der Waals surface area contributed by atoms with Crippen molar-refractivity contribution in [2.24, 2.45) is 0 Å². The molecule has 1 heterocycles. The first-order valence-electron chi connectivity index (χ1n) is 5.28. The number of anilines is 1. The van der Waals surface area contributed by atoms with E-state index in [0.717, 1.165) is 12.1 Å². The largest absolute Gasteiger partial charge is 0.416 e. The number of nitrogens with one attached hydrogen (secondary N) is 1. The number of rotatable bonds is 2. The molecule has 0 aliphatic heterocycles. The molecule has 0 spiro atoms. The van der Waals surface area contributed by atoms with Gasteiger partial charge in [-0.1, -0.05) is 5.16 Å². The number of carbonyl (C=O) groups is 1. The number of hydrogen-bond donors (Lipinski definition) is 1. The van der Waals surface area contributed by atoms with Crippen molar-refractivity contribution in [1.82, 2.24) is 5.16 Å². The SMILES string of the molecule is Cc1cc(C(=O)Nc2ccc(C(F)(F)F)cc2)no1. The molecule has 2 aromatic rings. The predicted molar refractivity (Wildman–Crippen MR) is 60.6 cm³/mol. The van der Waals surface area contributed by atoms with Crippen molar-refractivity contribution < 1.29 is 22.5 Å². The summed E-state index contributed by atoms with van der Waals surface area (Å²) in [6, 6.07) is 5.56. The maximum absolute atomic E-state index is 12.3. The van der Waals surface area contributed by atoms with Crippen molar-refractivity contribution in [3.8, 4) is 0 Å². The Morgan fingerprint density at radius 2 is 1.89 bits per heavy atom. The standard InChI is InChI=1S/C12H9F3N2O2/c1-7-6-10(17-19-7)11(18)16-9-4-2-8(3-5-9)12(13,14)15/h2-6H,1H3,(H,16,18). The van der Waals surface area contributed by atoms with Crippen LogP contribution in [0.5, 0.6) is 0 Å². The fourth-order valence-corrected chi connectivity index (χ4v) is 1.41. The molecule has 19 heavy (non-hydrogen) atoms. The highest BCUT2D eigenvalue weighted by Crippen LogP contribution is 2.29. The second kappa shape index (κ2) is 4.75. The molecule has 1 N–H and O–H groups in total. The maximum Gasteiger partial charge on any atom is 0.416 e. The Kier molecular flexibility index (Phi) is 3.28. The lowest BCUT2D eigenvalue weighted by Gasteiger charge is -2.07. The molecule has 100 valence electrons. The minimum absolute atomic E-state index is 0.0670. The second-order valence-corrected chi connectivity index (χ2v) is 3.85. The van der Waals surface area contributed by atoms with E-state index in [1.165, 1.54) is 18.2 Å². The summed E-state index contributed by atoms with van der Waals surface area (Å²) >= 11 is 0. The van der Waals surface area contributed by atoms with E-state index in [2.05, 4.69) is 10.5 Å². The van der Waals surface area contributed by atoms with E-state index in [4.69, 9.17) is 4.52 Å². The number of amides is 1. The minimum atomic E-state index is -4.40. The molecule has 7 heteroatoms. The fourth-order valence-electron chi connectivity index (χ4n) is 1.41. The number of aryl methyl sites for hydroxylation is 1. The normalized spacial score (nSPS) is 11.4. The lowest BCUT2D eigenvalue weighted by molar-refractivity contribution is -0.137. The van der Waals surface area contributed by atoms with Crippen LogP contribution in [0.1, 0.15) is 21.8 Å².